The lowest BCUT2D eigenvalue weighted by Gasteiger charge is -2.19. The van der Waals surface area contributed by atoms with Gasteiger partial charge in [-0.15, -0.1) is 0 Å². The Labute approximate surface area is 286 Å². The molecule has 0 unspecified atom stereocenters. The molecule has 1 atom stereocenters. The van der Waals surface area contributed by atoms with Crippen LogP contribution in [0.3, 0.4) is 0 Å². The Bertz CT molecular complexity index is 1550. The number of hydrogen-bond donors (Lipinski definition) is 4. The number of anilines is 1. The Morgan fingerprint density at radius 2 is 1.43 bits per heavy atom. The fraction of sp³-hybridized carbons (Fsp3) is 0.395. The van der Waals surface area contributed by atoms with Crippen molar-refractivity contribution in [2.75, 3.05) is 18.5 Å². The van der Waals surface area contributed by atoms with E-state index in [1.54, 1.807) is 72.8 Å². The maximum atomic E-state index is 13.1. The van der Waals surface area contributed by atoms with Crippen LogP contribution in [-0.4, -0.2) is 54.0 Å². The SMILES string of the molecule is CCCCCCCOc1ccc(C(=O)Oc2ccc(C[C@H](NC(=O)c3ccc(NC(=O)C4CCCC4)cc3)C(=O)NCC(=O)O)cc2)cc1. The molecule has 0 aromatic heterocycles. The van der Waals surface area contributed by atoms with Crippen molar-refractivity contribution in [1.82, 2.24) is 10.6 Å². The van der Waals surface area contributed by atoms with E-state index in [1.807, 2.05) is 0 Å². The van der Waals surface area contributed by atoms with Crippen molar-refractivity contribution in [2.45, 2.75) is 77.2 Å². The van der Waals surface area contributed by atoms with Crippen molar-refractivity contribution in [3.05, 3.63) is 89.5 Å². The van der Waals surface area contributed by atoms with Crippen LogP contribution in [0.2, 0.25) is 0 Å². The zero-order chi connectivity index (χ0) is 35.0. The number of ether oxygens (including phenoxy) is 2. The van der Waals surface area contributed by atoms with Gasteiger partial charge in [-0.25, -0.2) is 4.79 Å². The van der Waals surface area contributed by atoms with Gasteiger partial charge < -0.3 is 30.5 Å². The first-order valence-electron chi connectivity index (χ1n) is 17.0. The summed E-state index contributed by atoms with van der Waals surface area (Å²) in [6, 6.07) is 18.5. The van der Waals surface area contributed by atoms with Crippen molar-refractivity contribution in [3.8, 4) is 11.5 Å². The summed E-state index contributed by atoms with van der Waals surface area (Å²) in [4.78, 5) is 62.2. The molecule has 1 saturated carbocycles. The average molecular weight is 672 g/mol. The molecule has 4 N–H and O–H groups in total. The number of benzene rings is 3. The monoisotopic (exact) mass is 671 g/mol. The van der Waals surface area contributed by atoms with Gasteiger partial charge >= 0.3 is 11.9 Å². The number of carbonyl (C=O) groups excluding carboxylic acids is 4. The first kappa shape index (κ1) is 36.6. The summed E-state index contributed by atoms with van der Waals surface area (Å²) in [5.74, 6) is -2.03. The minimum absolute atomic E-state index is 0.00136. The van der Waals surface area contributed by atoms with Gasteiger partial charge in [-0.2, -0.15) is 0 Å². The number of unbranched alkanes of at least 4 members (excludes halogenated alkanes) is 4. The van der Waals surface area contributed by atoms with E-state index in [2.05, 4.69) is 22.9 Å². The highest BCUT2D eigenvalue weighted by molar-refractivity contribution is 5.99. The molecule has 4 rings (SSSR count). The molecule has 0 saturated heterocycles. The number of aliphatic carboxylic acids is 1. The normalized spacial score (nSPS) is 13.2. The molecule has 11 heteroatoms. The molecule has 1 fully saturated rings. The Balaban J connectivity index is 1.32. The molecule has 0 bridgehead atoms. The highest BCUT2D eigenvalue weighted by Gasteiger charge is 2.24. The smallest absolute Gasteiger partial charge is 0.343 e. The van der Waals surface area contributed by atoms with Crippen LogP contribution in [0.4, 0.5) is 5.69 Å². The molecule has 1 aliphatic rings. The standard InChI is InChI=1S/C38H45N3O8/c1-2-3-4-5-8-23-48-31-21-15-29(16-22-31)38(47)49-32-19-11-26(12-20-32)24-33(37(46)39-25-34(42)43)41-36(45)28-13-17-30(18-14-28)40-35(44)27-9-6-7-10-27/h11-22,27,33H,2-10,23-25H2,1H3,(H,39,46)(H,40,44)(H,41,45)(H,42,43)/t33-/m0/s1. The number of carboxylic acid groups (broad SMARTS) is 1. The van der Waals surface area contributed by atoms with Crippen LogP contribution in [0, 0.1) is 5.92 Å². The molecule has 260 valence electrons. The second-order valence-electron chi connectivity index (χ2n) is 12.2. The lowest BCUT2D eigenvalue weighted by atomic mass is 10.0. The van der Waals surface area contributed by atoms with Crippen molar-refractivity contribution in [1.29, 1.82) is 0 Å². The largest absolute Gasteiger partial charge is 0.494 e. The van der Waals surface area contributed by atoms with Crippen molar-refractivity contribution < 1.29 is 38.6 Å². The van der Waals surface area contributed by atoms with Crippen LogP contribution >= 0.6 is 0 Å². The van der Waals surface area contributed by atoms with Gasteiger partial charge in [-0.1, -0.05) is 57.6 Å². The minimum Gasteiger partial charge on any atom is -0.494 e. The second-order valence-corrected chi connectivity index (χ2v) is 12.2. The van der Waals surface area contributed by atoms with E-state index >= 15 is 0 Å². The fourth-order valence-electron chi connectivity index (χ4n) is 5.55. The van der Waals surface area contributed by atoms with Crippen molar-refractivity contribution in [2.24, 2.45) is 5.92 Å². The van der Waals surface area contributed by atoms with Gasteiger partial charge in [0, 0.05) is 23.6 Å². The molecule has 1 aliphatic carbocycles. The lowest BCUT2D eigenvalue weighted by Crippen LogP contribution is -2.49. The molecule has 3 aromatic rings. The molecule has 0 aliphatic heterocycles. The van der Waals surface area contributed by atoms with Crippen LogP contribution in [0.1, 0.15) is 91.0 Å². The van der Waals surface area contributed by atoms with Crippen LogP contribution in [-0.2, 0) is 20.8 Å². The zero-order valence-electron chi connectivity index (χ0n) is 27.9. The van der Waals surface area contributed by atoms with Crippen molar-refractivity contribution in [3.63, 3.8) is 0 Å². The molecule has 3 aromatic carbocycles. The molecule has 0 heterocycles. The quantitative estimate of drug-likeness (QED) is 0.0736. The van der Waals surface area contributed by atoms with Gasteiger partial charge in [0.15, 0.2) is 0 Å². The number of rotatable bonds is 18. The number of nitrogens with one attached hydrogen (secondary N) is 3. The van der Waals surface area contributed by atoms with E-state index in [4.69, 9.17) is 14.6 Å². The third kappa shape index (κ3) is 12.1. The Kier molecular flexibility index (Phi) is 14.2. The molecule has 3 amide bonds. The lowest BCUT2D eigenvalue weighted by molar-refractivity contribution is -0.138. The molecule has 0 spiro atoms. The van der Waals surface area contributed by atoms with Crippen LogP contribution in [0.15, 0.2) is 72.8 Å². The van der Waals surface area contributed by atoms with Gasteiger partial charge in [0.05, 0.1) is 12.2 Å². The minimum atomic E-state index is -1.22. The topological polar surface area (TPSA) is 160 Å². The predicted molar refractivity (Wildman–Crippen MR) is 185 cm³/mol. The molecule has 11 nitrogen and oxygen atoms in total. The van der Waals surface area contributed by atoms with Crippen LogP contribution in [0.25, 0.3) is 0 Å². The van der Waals surface area contributed by atoms with E-state index < -0.39 is 36.3 Å². The number of amides is 3. The van der Waals surface area contributed by atoms with E-state index in [9.17, 15) is 24.0 Å². The number of hydrogen-bond acceptors (Lipinski definition) is 7. The Hall–Kier alpha value is -5.19. The summed E-state index contributed by atoms with van der Waals surface area (Å²) < 4.78 is 11.3. The number of esters is 1. The Morgan fingerprint density at radius 3 is 2.08 bits per heavy atom. The van der Waals surface area contributed by atoms with Gasteiger partial charge in [-0.05, 0) is 85.5 Å². The number of carboxylic acids is 1. The summed E-state index contributed by atoms with van der Waals surface area (Å²) in [6.45, 7) is 2.19. The predicted octanol–water partition coefficient (Wildman–Crippen LogP) is 5.93. The fourth-order valence-corrected chi connectivity index (χ4v) is 5.55. The van der Waals surface area contributed by atoms with E-state index in [0.29, 0.717) is 29.2 Å². The van der Waals surface area contributed by atoms with E-state index in [-0.39, 0.29) is 29.6 Å². The summed E-state index contributed by atoms with van der Waals surface area (Å²) in [6.07, 6.45) is 9.60. The summed E-state index contributed by atoms with van der Waals surface area (Å²) in [5.41, 5.74) is 1.83. The maximum absolute atomic E-state index is 13.1. The first-order chi connectivity index (χ1) is 23.7. The molecule has 49 heavy (non-hydrogen) atoms. The zero-order valence-corrected chi connectivity index (χ0v) is 27.9. The second kappa shape index (κ2) is 19.0. The molecular formula is C38H45N3O8. The van der Waals surface area contributed by atoms with Gasteiger partial charge in [-0.3, -0.25) is 19.2 Å². The van der Waals surface area contributed by atoms with Crippen LogP contribution in [0.5, 0.6) is 11.5 Å². The summed E-state index contributed by atoms with van der Waals surface area (Å²) in [5, 5.41) is 16.9. The third-order valence-electron chi connectivity index (χ3n) is 8.36. The Morgan fingerprint density at radius 1 is 0.796 bits per heavy atom. The summed E-state index contributed by atoms with van der Waals surface area (Å²) >= 11 is 0. The van der Waals surface area contributed by atoms with Gasteiger partial charge in [0.25, 0.3) is 5.91 Å². The van der Waals surface area contributed by atoms with Gasteiger partial charge in [0.1, 0.15) is 24.1 Å². The van der Waals surface area contributed by atoms with E-state index in [1.165, 1.54) is 19.3 Å². The average Bonchev–Trinajstić information content (AvgIpc) is 3.65. The highest BCUT2D eigenvalue weighted by Crippen LogP contribution is 2.26. The highest BCUT2D eigenvalue weighted by atomic mass is 16.5. The van der Waals surface area contributed by atoms with Crippen LogP contribution < -0.4 is 25.4 Å². The third-order valence-corrected chi connectivity index (χ3v) is 8.36. The number of carbonyl (C=O) groups is 5. The maximum Gasteiger partial charge on any atom is 0.343 e. The molecular weight excluding hydrogens is 626 g/mol. The van der Waals surface area contributed by atoms with Gasteiger partial charge in [0.2, 0.25) is 11.8 Å². The van der Waals surface area contributed by atoms with E-state index in [0.717, 1.165) is 38.5 Å². The first-order valence-corrected chi connectivity index (χ1v) is 17.0. The summed E-state index contributed by atoms with van der Waals surface area (Å²) in [7, 11) is 0. The molecule has 0 radical (unpaired) electrons. The van der Waals surface area contributed by atoms with Crippen molar-refractivity contribution >= 4 is 35.3 Å².